The average Bonchev–Trinajstić information content (AvgIpc) is 3.22. The molecule has 1 aliphatic heterocycles. The van der Waals surface area contributed by atoms with E-state index in [4.69, 9.17) is 24.1 Å². The highest BCUT2D eigenvalue weighted by molar-refractivity contribution is 5.92. The third-order valence-electron chi connectivity index (χ3n) is 9.19. The fourth-order valence-corrected chi connectivity index (χ4v) is 6.93. The predicted octanol–water partition coefficient (Wildman–Crippen LogP) is 2.91. The lowest BCUT2D eigenvalue weighted by Crippen LogP contribution is -2.56. The summed E-state index contributed by atoms with van der Waals surface area (Å²) in [4.78, 5) is 26.6. The molecule has 2 aliphatic rings. The molecule has 5 atom stereocenters. The minimum atomic E-state index is -2.03. The van der Waals surface area contributed by atoms with Crippen LogP contribution < -0.4 is 29.6 Å². The predicted molar refractivity (Wildman–Crippen MR) is 174 cm³/mol. The van der Waals surface area contributed by atoms with Gasteiger partial charge in [-0.3, -0.25) is 9.59 Å². The Morgan fingerprint density at radius 2 is 1.57 bits per heavy atom. The maximum absolute atomic E-state index is 14.5. The van der Waals surface area contributed by atoms with Crippen LogP contribution >= 0.6 is 0 Å². The zero-order valence-corrected chi connectivity index (χ0v) is 27.0. The van der Waals surface area contributed by atoms with Gasteiger partial charge in [0.1, 0.15) is 34.7 Å². The summed E-state index contributed by atoms with van der Waals surface area (Å²) in [6, 6.07) is 19.3. The van der Waals surface area contributed by atoms with Gasteiger partial charge in [0.15, 0.2) is 5.60 Å². The summed E-state index contributed by atoms with van der Waals surface area (Å²) < 4.78 is 23.4. The van der Waals surface area contributed by atoms with Gasteiger partial charge in [-0.15, -0.1) is 0 Å². The lowest BCUT2D eigenvalue weighted by atomic mass is 9.75. The van der Waals surface area contributed by atoms with Gasteiger partial charge >= 0.3 is 0 Å². The SMILES string of the molecule is COc1ccc([C@]23Oc4cc(OC)cc(OC)c4[C@](O)(C2O)[C@@H](c2ccccc2)[C@@H]3C(=O)NCCCCNC(=O)/C(C)=C\CO)cc1. The van der Waals surface area contributed by atoms with Gasteiger partial charge in [0.05, 0.1) is 39.4 Å². The Hall–Kier alpha value is -4.58. The van der Waals surface area contributed by atoms with Gasteiger partial charge in [-0.1, -0.05) is 48.5 Å². The Balaban J connectivity index is 1.56. The van der Waals surface area contributed by atoms with Crippen LogP contribution in [0.2, 0.25) is 0 Å². The number of fused-ring (bicyclic) bond motifs is 4. The summed E-state index contributed by atoms with van der Waals surface area (Å²) in [5, 5.41) is 40.2. The van der Waals surface area contributed by atoms with E-state index in [2.05, 4.69) is 10.6 Å². The number of rotatable bonds is 13. The standard InChI is InChI=1S/C36H42N2O9/c1-22(16-19-39)32(40)37-17-8-9-18-38-33(41)31-29(23-10-6-5-7-11-23)35(43)30-27(46-4)20-26(45-3)21-28(30)47-36(31,34(35)42)24-12-14-25(44-2)15-13-24/h5-7,10-16,20-21,29,31,34,39,42-43H,8-9,17-19H2,1-4H3,(H,37,40)(H,38,41)/b22-16-/t29-,31+,34?,35-,36+/m0/s1. The van der Waals surface area contributed by atoms with Crippen molar-refractivity contribution in [1.82, 2.24) is 10.6 Å². The van der Waals surface area contributed by atoms with Crippen molar-refractivity contribution in [3.63, 3.8) is 0 Å². The molecule has 3 aromatic rings. The molecule has 1 fully saturated rings. The second-order valence-corrected chi connectivity index (χ2v) is 11.7. The zero-order valence-electron chi connectivity index (χ0n) is 27.0. The van der Waals surface area contributed by atoms with E-state index < -0.39 is 35.0 Å². The number of nitrogens with one attached hydrogen (secondary N) is 2. The number of amides is 2. The highest BCUT2D eigenvalue weighted by atomic mass is 16.5. The monoisotopic (exact) mass is 646 g/mol. The summed E-state index contributed by atoms with van der Waals surface area (Å²) in [5.41, 5.74) is -2.00. The third-order valence-corrected chi connectivity index (χ3v) is 9.19. The molecule has 250 valence electrons. The number of carbonyl (C=O) groups is 2. The zero-order chi connectivity index (χ0) is 33.8. The van der Waals surface area contributed by atoms with E-state index >= 15 is 0 Å². The van der Waals surface area contributed by atoms with E-state index in [1.54, 1.807) is 50.4 Å². The van der Waals surface area contributed by atoms with Gasteiger partial charge in [0.25, 0.3) is 0 Å². The summed E-state index contributed by atoms with van der Waals surface area (Å²) in [6.45, 7) is 2.07. The van der Waals surface area contributed by atoms with Gasteiger partial charge in [-0.05, 0) is 43.0 Å². The highest BCUT2D eigenvalue weighted by Gasteiger charge is 2.76. The number of aliphatic hydroxyl groups is 3. The molecular weight excluding hydrogens is 604 g/mol. The molecule has 0 aromatic heterocycles. The van der Waals surface area contributed by atoms with Crippen molar-refractivity contribution in [3.05, 3.63) is 95.1 Å². The number of unbranched alkanes of at least 4 members (excludes halogenated alkanes) is 1. The molecule has 1 heterocycles. The van der Waals surface area contributed by atoms with Crippen LogP contribution in [0, 0.1) is 5.92 Å². The van der Waals surface area contributed by atoms with Crippen LogP contribution in [-0.4, -0.2) is 74.3 Å². The number of hydrogen-bond acceptors (Lipinski definition) is 9. The summed E-state index contributed by atoms with van der Waals surface area (Å²) in [5.74, 6) is -1.32. The normalized spacial score (nSPS) is 24.5. The minimum absolute atomic E-state index is 0.215. The molecule has 0 spiro atoms. The van der Waals surface area contributed by atoms with Crippen molar-refractivity contribution < 1.29 is 43.9 Å². The molecule has 1 saturated carbocycles. The van der Waals surface area contributed by atoms with Gasteiger partial charge in [0.2, 0.25) is 11.8 Å². The molecule has 2 amide bonds. The maximum atomic E-state index is 14.5. The lowest BCUT2D eigenvalue weighted by Gasteiger charge is -2.45. The van der Waals surface area contributed by atoms with Crippen LogP contribution in [0.3, 0.4) is 0 Å². The maximum Gasteiger partial charge on any atom is 0.246 e. The summed E-state index contributed by atoms with van der Waals surface area (Å²) >= 11 is 0. The van der Waals surface area contributed by atoms with E-state index in [1.165, 1.54) is 20.3 Å². The lowest BCUT2D eigenvalue weighted by molar-refractivity contribution is -0.159. The van der Waals surface area contributed by atoms with Gasteiger partial charge in [-0.2, -0.15) is 0 Å². The van der Waals surface area contributed by atoms with Gasteiger partial charge in [-0.25, -0.2) is 0 Å². The van der Waals surface area contributed by atoms with Crippen LogP contribution in [0.5, 0.6) is 23.0 Å². The fourth-order valence-electron chi connectivity index (χ4n) is 6.93. The molecule has 5 N–H and O–H groups in total. The number of hydrogen-bond donors (Lipinski definition) is 5. The molecular formula is C36H42N2O9. The Morgan fingerprint density at radius 1 is 0.915 bits per heavy atom. The molecule has 0 radical (unpaired) electrons. The van der Waals surface area contributed by atoms with Crippen LogP contribution in [0.15, 0.2) is 78.4 Å². The molecule has 3 aromatic carbocycles. The average molecular weight is 647 g/mol. The van der Waals surface area contributed by atoms with E-state index in [-0.39, 0.29) is 36.1 Å². The fraction of sp³-hybridized carbons (Fsp3) is 0.389. The first-order chi connectivity index (χ1) is 22.7. The second kappa shape index (κ2) is 14.0. The molecule has 11 heteroatoms. The van der Waals surface area contributed by atoms with Crippen molar-refractivity contribution in [2.24, 2.45) is 5.92 Å². The van der Waals surface area contributed by atoms with Gasteiger partial charge in [0, 0.05) is 36.7 Å². The smallest absolute Gasteiger partial charge is 0.246 e. The molecule has 0 saturated heterocycles. The van der Waals surface area contributed by atoms with Crippen molar-refractivity contribution in [1.29, 1.82) is 0 Å². The van der Waals surface area contributed by atoms with Crippen molar-refractivity contribution in [3.8, 4) is 23.0 Å². The molecule has 1 unspecified atom stereocenters. The number of aliphatic hydroxyl groups excluding tert-OH is 2. The highest BCUT2D eigenvalue weighted by Crippen LogP contribution is 2.68. The Kier molecular flexibility index (Phi) is 10.1. The van der Waals surface area contributed by atoms with Crippen LogP contribution in [0.1, 0.15) is 42.4 Å². The van der Waals surface area contributed by atoms with Gasteiger partial charge < -0.3 is 44.9 Å². The molecule has 1 aliphatic carbocycles. The third kappa shape index (κ3) is 5.90. The first kappa shape index (κ1) is 33.8. The van der Waals surface area contributed by atoms with Crippen molar-refractivity contribution in [2.75, 3.05) is 41.0 Å². The second-order valence-electron chi connectivity index (χ2n) is 11.7. The molecule has 5 rings (SSSR count). The Bertz CT molecular complexity index is 1610. The quantitative estimate of drug-likeness (QED) is 0.139. The number of ether oxygens (including phenoxy) is 4. The topological polar surface area (TPSA) is 156 Å². The van der Waals surface area contributed by atoms with Crippen molar-refractivity contribution in [2.45, 2.75) is 43.0 Å². The van der Waals surface area contributed by atoms with Crippen LogP contribution in [-0.2, 0) is 20.8 Å². The number of methoxy groups -OCH3 is 3. The first-order valence-electron chi connectivity index (χ1n) is 15.6. The van der Waals surface area contributed by atoms with E-state index in [0.29, 0.717) is 47.6 Å². The first-order valence-corrected chi connectivity index (χ1v) is 15.6. The van der Waals surface area contributed by atoms with Crippen molar-refractivity contribution >= 4 is 11.8 Å². The molecule has 2 bridgehead atoms. The van der Waals surface area contributed by atoms with Crippen LogP contribution in [0.25, 0.3) is 0 Å². The molecule has 11 nitrogen and oxygen atoms in total. The Morgan fingerprint density at radius 3 is 2.19 bits per heavy atom. The van der Waals surface area contributed by atoms with E-state index in [0.717, 1.165) is 0 Å². The minimum Gasteiger partial charge on any atom is -0.497 e. The summed E-state index contributed by atoms with van der Waals surface area (Å²) in [7, 11) is 4.50. The Labute approximate surface area is 274 Å². The van der Waals surface area contributed by atoms with E-state index in [1.807, 2.05) is 30.3 Å². The molecule has 47 heavy (non-hydrogen) atoms. The number of carbonyl (C=O) groups excluding carboxylic acids is 2. The number of benzene rings is 3. The largest absolute Gasteiger partial charge is 0.497 e. The van der Waals surface area contributed by atoms with Crippen LogP contribution in [0.4, 0.5) is 0 Å². The summed E-state index contributed by atoms with van der Waals surface area (Å²) in [6.07, 6.45) is 0.959. The van der Waals surface area contributed by atoms with E-state index in [9.17, 15) is 19.8 Å².